The molecule has 2 fully saturated rings. The van der Waals surface area contributed by atoms with Crippen LogP contribution >= 0.6 is 0 Å². The van der Waals surface area contributed by atoms with Gasteiger partial charge in [0.25, 0.3) is 0 Å². The Bertz CT molecular complexity index is 326. The van der Waals surface area contributed by atoms with Crippen molar-refractivity contribution in [3.05, 3.63) is 0 Å². The van der Waals surface area contributed by atoms with Gasteiger partial charge < -0.3 is 14.9 Å². The molecule has 0 radical (unpaired) electrons. The number of amides is 1. The largest absolute Gasteiger partial charge is 0.396 e. The number of aliphatic hydroxyl groups excluding tert-OH is 1. The van der Waals surface area contributed by atoms with Crippen molar-refractivity contribution in [2.75, 3.05) is 33.8 Å². The lowest BCUT2D eigenvalue weighted by Gasteiger charge is -2.35. The summed E-state index contributed by atoms with van der Waals surface area (Å²) in [6.45, 7) is 2.05. The Hall–Kier alpha value is -0.610. The molecule has 4 heteroatoms. The number of nitrogens with zero attached hydrogens (tertiary/aromatic N) is 2. The van der Waals surface area contributed by atoms with E-state index in [0.29, 0.717) is 12.5 Å². The first-order valence-corrected chi connectivity index (χ1v) is 8.11. The van der Waals surface area contributed by atoms with Crippen molar-refractivity contribution in [2.45, 2.75) is 57.4 Å². The molecule has 2 aliphatic rings. The van der Waals surface area contributed by atoms with Gasteiger partial charge in [-0.3, -0.25) is 4.79 Å². The molecular weight excluding hydrogens is 252 g/mol. The third-order valence-electron chi connectivity index (χ3n) is 5.33. The first kappa shape index (κ1) is 15.8. The maximum atomic E-state index is 12.4. The number of rotatable bonds is 5. The Morgan fingerprint density at radius 3 is 2.60 bits per heavy atom. The summed E-state index contributed by atoms with van der Waals surface area (Å²) in [6.07, 6.45) is 8.77. The molecule has 1 aliphatic carbocycles. The van der Waals surface area contributed by atoms with Crippen molar-refractivity contribution in [2.24, 2.45) is 5.41 Å². The second kappa shape index (κ2) is 6.90. The Labute approximate surface area is 123 Å². The molecule has 1 saturated carbocycles. The maximum absolute atomic E-state index is 12.4. The van der Waals surface area contributed by atoms with Gasteiger partial charge in [0.1, 0.15) is 0 Å². The van der Waals surface area contributed by atoms with E-state index in [4.69, 9.17) is 0 Å². The van der Waals surface area contributed by atoms with Crippen LogP contribution in [0.1, 0.15) is 51.4 Å². The number of carbonyl (C=O) groups is 1. The fourth-order valence-electron chi connectivity index (χ4n) is 3.84. The smallest absolute Gasteiger partial charge is 0.223 e. The summed E-state index contributed by atoms with van der Waals surface area (Å²) < 4.78 is 0. The first-order chi connectivity index (χ1) is 9.56. The summed E-state index contributed by atoms with van der Waals surface area (Å²) in [5, 5.41) is 9.66. The zero-order chi connectivity index (χ0) is 14.6. The van der Waals surface area contributed by atoms with E-state index in [-0.39, 0.29) is 17.9 Å². The Balaban J connectivity index is 1.85. The van der Waals surface area contributed by atoms with Crippen LogP contribution in [0.4, 0.5) is 0 Å². The van der Waals surface area contributed by atoms with E-state index < -0.39 is 0 Å². The molecule has 0 aromatic heterocycles. The highest BCUT2D eigenvalue weighted by molar-refractivity contribution is 5.76. The predicted octanol–water partition coefficient (Wildman–Crippen LogP) is 1.87. The summed E-state index contributed by atoms with van der Waals surface area (Å²) in [6, 6.07) is 0.410. The van der Waals surface area contributed by atoms with Gasteiger partial charge in [-0.05, 0) is 39.3 Å². The third-order valence-corrected chi connectivity index (χ3v) is 5.33. The molecule has 1 amide bonds. The lowest BCUT2D eigenvalue weighted by molar-refractivity contribution is -0.133. The molecule has 2 rings (SSSR count). The van der Waals surface area contributed by atoms with Crippen LogP contribution in [0.5, 0.6) is 0 Å². The molecule has 1 atom stereocenters. The van der Waals surface area contributed by atoms with E-state index in [9.17, 15) is 9.90 Å². The SMILES string of the molecule is CN(CC1(CO)CCCC1)C(=O)C[C@@H]1CCCCN1C. The predicted molar refractivity (Wildman–Crippen MR) is 80.5 cm³/mol. The minimum atomic E-state index is -0.0249. The number of hydrogen-bond acceptors (Lipinski definition) is 3. The van der Waals surface area contributed by atoms with Crippen LogP contribution < -0.4 is 0 Å². The number of carbonyl (C=O) groups excluding carboxylic acids is 1. The van der Waals surface area contributed by atoms with E-state index in [1.165, 1.54) is 25.7 Å². The summed E-state index contributed by atoms with van der Waals surface area (Å²) in [5.41, 5.74) is -0.0249. The topological polar surface area (TPSA) is 43.8 Å². The minimum absolute atomic E-state index is 0.0249. The van der Waals surface area contributed by atoms with E-state index >= 15 is 0 Å². The van der Waals surface area contributed by atoms with Gasteiger partial charge in [0.15, 0.2) is 0 Å². The van der Waals surface area contributed by atoms with Crippen molar-refractivity contribution >= 4 is 5.91 Å². The lowest BCUT2D eigenvalue weighted by atomic mass is 9.86. The minimum Gasteiger partial charge on any atom is -0.396 e. The standard InChI is InChI=1S/C16H30N2O2/c1-17-10-6-3-7-14(17)11-15(20)18(2)12-16(13-19)8-4-5-9-16/h14,19H,3-13H2,1-2H3/t14-/m0/s1. The lowest BCUT2D eigenvalue weighted by Crippen LogP contribution is -2.44. The van der Waals surface area contributed by atoms with Crippen LogP contribution in [0, 0.1) is 5.41 Å². The Morgan fingerprint density at radius 2 is 2.00 bits per heavy atom. The molecule has 1 saturated heterocycles. The molecule has 1 aliphatic heterocycles. The second-order valence-corrected chi connectivity index (χ2v) is 6.95. The molecule has 0 spiro atoms. The monoisotopic (exact) mass is 282 g/mol. The molecule has 0 aromatic carbocycles. The summed E-state index contributed by atoms with van der Waals surface area (Å²) >= 11 is 0. The van der Waals surface area contributed by atoms with E-state index in [0.717, 1.165) is 32.4 Å². The molecule has 1 N–H and O–H groups in total. The zero-order valence-corrected chi connectivity index (χ0v) is 13.1. The van der Waals surface area contributed by atoms with Gasteiger partial charge >= 0.3 is 0 Å². The van der Waals surface area contributed by atoms with Crippen LogP contribution in [0.2, 0.25) is 0 Å². The van der Waals surface area contributed by atoms with Gasteiger partial charge in [0, 0.05) is 31.5 Å². The molecule has 4 nitrogen and oxygen atoms in total. The Morgan fingerprint density at radius 1 is 1.30 bits per heavy atom. The molecule has 0 bridgehead atoms. The van der Waals surface area contributed by atoms with Crippen molar-refractivity contribution in [3.63, 3.8) is 0 Å². The van der Waals surface area contributed by atoms with Gasteiger partial charge in [0.2, 0.25) is 5.91 Å². The van der Waals surface area contributed by atoms with Crippen molar-refractivity contribution in [1.29, 1.82) is 0 Å². The Kier molecular flexibility index (Phi) is 5.44. The first-order valence-electron chi connectivity index (χ1n) is 8.11. The molecule has 20 heavy (non-hydrogen) atoms. The normalized spacial score (nSPS) is 26.6. The number of likely N-dealkylation sites (tertiary alicyclic amines) is 1. The number of aliphatic hydroxyl groups is 1. The molecule has 116 valence electrons. The zero-order valence-electron chi connectivity index (χ0n) is 13.1. The van der Waals surface area contributed by atoms with Crippen LogP contribution in [0.3, 0.4) is 0 Å². The van der Waals surface area contributed by atoms with Gasteiger partial charge in [0.05, 0.1) is 6.61 Å². The number of piperidine rings is 1. The van der Waals surface area contributed by atoms with Crippen LogP contribution in [0.15, 0.2) is 0 Å². The summed E-state index contributed by atoms with van der Waals surface area (Å²) in [7, 11) is 4.03. The van der Waals surface area contributed by atoms with E-state index in [1.807, 2.05) is 11.9 Å². The molecular formula is C16H30N2O2. The molecule has 1 heterocycles. The average molecular weight is 282 g/mol. The highest BCUT2D eigenvalue weighted by atomic mass is 16.3. The maximum Gasteiger partial charge on any atom is 0.223 e. The van der Waals surface area contributed by atoms with Gasteiger partial charge in [-0.15, -0.1) is 0 Å². The van der Waals surface area contributed by atoms with Gasteiger partial charge in [-0.2, -0.15) is 0 Å². The average Bonchev–Trinajstić information content (AvgIpc) is 2.90. The van der Waals surface area contributed by atoms with Gasteiger partial charge in [-0.25, -0.2) is 0 Å². The highest BCUT2D eigenvalue weighted by Gasteiger charge is 2.35. The van der Waals surface area contributed by atoms with E-state index in [1.54, 1.807) is 0 Å². The van der Waals surface area contributed by atoms with Gasteiger partial charge in [-0.1, -0.05) is 19.3 Å². The van der Waals surface area contributed by atoms with Crippen LogP contribution in [-0.2, 0) is 4.79 Å². The molecule has 0 unspecified atom stereocenters. The molecule has 0 aromatic rings. The quantitative estimate of drug-likeness (QED) is 0.837. The third kappa shape index (κ3) is 3.73. The number of hydrogen-bond donors (Lipinski definition) is 1. The highest BCUT2D eigenvalue weighted by Crippen LogP contribution is 2.38. The summed E-state index contributed by atoms with van der Waals surface area (Å²) in [4.78, 5) is 16.6. The van der Waals surface area contributed by atoms with Crippen LogP contribution in [0.25, 0.3) is 0 Å². The fraction of sp³-hybridized carbons (Fsp3) is 0.938. The fourth-order valence-corrected chi connectivity index (χ4v) is 3.84. The van der Waals surface area contributed by atoms with Crippen molar-refractivity contribution in [3.8, 4) is 0 Å². The summed E-state index contributed by atoms with van der Waals surface area (Å²) in [5.74, 6) is 0.239. The van der Waals surface area contributed by atoms with Crippen molar-refractivity contribution < 1.29 is 9.90 Å². The second-order valence-electron chi connectivity index (χ2n) is 6.95. The van der Waals surface area contributed by atoms with Crippen LogP contribution in [-0.4, -0.2) is 60.6 Å². The van der Waals surface area contributed by atoms with E-state index in [2.05, 4.69) is 11.9 Å². The van der Waals surface area contributed by atoms with Crippen molar-refractivity contribution in [1.82, 2.24) is 9.80 Å².